The maximum atomic E-state index is 14.3. The van der Waals surface area contributed by atoms with Crippen LogP contribution in [0.3, 0.4) is 0 Å². The number of carbonyl (C=O) groups is 1. The molecule has 0 saturated heterocycles. The van der Waals surface area contributed by atoms with Crippen molar-refractivity contribution in [2.75, 3.05) is 0 Å². The largest absolute Gasteiger partial charge is 0.511 e. The number of hydrogen-bond acceptors (Lipinski definition) is 4. The van der Waals surface area contributed by atoms with E-state index in [0.29, 0.717) is 6.07 Å². The van der Waals surface area contributed by atoms with Gasteiger partial charge >= 0.3 is 6.16 Å². The Morgan fingerprint density at radius 3 is 2.60 bits per heavy atom. The van der Waals surface area contributed by atoms with E-state index in [2.05, 4.69) is 9.72 Å². The summed E-state index contributed by atoms with van der Waals surface area (Å²) in [5.74, 6) is -2.58. The highest BCUT2D eigenvalue weighted by atomic mass is 35.5. The summed E-state index contributed by atoms with van der Waals surface area (Å²) in [6, 6.07) is 4.00. The van der Waals surface area contributed by atoms with Crippen molar-refractivity contribution >= 4 is 40.4 Å². The molecule has 1 N–H and O–H groups in total. The molecule has 0 amide bonds. The minimum absolute atomic E-state index is 0.00815. The zero-order chi connectivity index (χ0) is 18.3. The van der Waals surface area contributed by atoms with E-state index in [1.165, 1.54) is 12.1 Å². The predicted molar refractivity (Wildman–Crippen MR) is 85.9 cm³/mol. The van der Waals surface area contributed by atoms with Crippen molar-refractivity contribution in [2.45, 2.75) is 0 Å². The van der Waals surface area contributed by atoms with E-state index in [-0.39, 0.29) is 26.9 Å². The maximum Gasteiger partial charge on any atom is 0.511 e. The molecule has 0 unspecified atom stereocenters. The number of carboxylic acid groups (broad SMARTS) is 1. The lowest BCUT2D eigenvalue weighted by atomic mass is 10.2. The Labute approximate surface area is 147 Å². The second-order valence-corrected chi connectivity index (χ2v) is 5.58. The number of pyridine rings is 2. The molecule has 1 aromatic carbocycles. The molecule has 10 heteroatoms. The molecule has 0 spiro atoms. The van der Waals surface area contributed by atoms with Gasteiger partial charge in [0.2, 0.25) is 5.43 Å². The SMILES string of the molecule is O=C(O)Oc1cn(-c2c(F)cc(F)cc2Cl)c2nc(Cl)ccc2c1=O. The van der Waals surface area contributed by atoms with Crippen molar-refractivity contribution in [1.29, 1.82) is 0 Å². The molecule has 0 radical (unpaired) electrons. The molecule has 0 atom stereocenters. The van der Waals surface area contributed by atoms with E-state index < -0.39 is 29.0 Å². The monoisotopic (exact) mass is 386 g/mol. The molecule has 128 valence electrons. The number of halogens is 4. The van der Waals surface area contributed by atoms with Crippen molar-refractivity contribution in [1.82, 2.24) is 9.55 Å². The van der Waals surface area contributed by atoms with E-state index in [1.54, 1.807) is 0 Å². The Balaban J connectivity index is 2.45. The minimum atomic E-state index is -1.74. The molecule has 3 rings (SSSR count). The number of hydrogen-bond donors (Lipinski definition) is 1. The summed E-state index contributed by atoms with van der Waals surface area (Å²) in [6.45, 7) is 0. The van der Waals surface area contributed by atoms with Crippen LogP contribution in [-0.4, -0.2) is 20.8 Å². The third kappa shape index (κ3) is 3.13. The number of benzene rings is 1. The lowest BCUT2D eigenvalue weighted by Crippen LogP contribution is -2.17. The summed E-state index contributed by atoms with van der Waals surface area (Å²) in [4.78, 5) is 27.0. The topological polar surface area (TPSA) is 81.4 Å². The zero-order valence-corrected chi connectivity index (χ0v) is 13.5. The van der Waals surface area contributed by atoms with Gasteiger partial charge < -0.3 is 9.84 Å². The molecule has 25 heavy (non-hydrogen) atoms. The Hall–Kier alpha value is -2.71. The van der Waals surface area contributed by atoms with Gasteiger partial charge in [0.15, 0.2) is 17.2 Å². The van der Waals surface area contributed by atoms with Crippen LogP contribution in [0.5, 0.6) is 5.75 Å². The normalized spacial score (nSPS) is 10.9. The van der Waals surface area contributed by atoms with Gasteiger partial charge in [0.1, 0.15) is 16.7 Å². The summed E-state index contributed by atoms with van der Waals surface area (Å²) >= 11 is 11.7. The summed E-state index contributed by atoms with van der Waals surface area (Å²) in [7, 11) is 0. The number of ether oxygens (including phenoxy) is 1. The van der Waals surface area contributed by atoms with E-state index in [4.69, 9.17) is 28.3 Å². The van der Waals surface area contributed by atoms with Gasteiger partial charge in [-0.05, 0) is 18.2 Å². The van der Waals surface area contributed by atoms with Crippen molar-refractivity contribution in [2.24, 2.45) is 0 Å². The summed E-state index contributed by atoms with van der Waals surface area (Å²) in [6.07, 6.45) is -0.847. The average Bonchev–Trinajstić information content (AvgIpc) is 2.50. The predicted octanol–water partition coefficient (Wildman–Crippen LogP) is 4.03. The average molecular weight is 387 g/mol. The molecule has 2 aromatic heterocycles. The van der Waals surface area contributed by atoms with E-state index in [1.807, 2.05) is 0 Å². The van der Waals surface area contributed by atoms with Crippen LogP contribution in [0.15, 0.2) is 35.3 Å². The molecule has 0 fully saturated rings. The summed E-state index contributed by atoms with van der Waals surface area (Å²) < 4.78 is 33.0. The van der Waals surface area contributed by atoms with Crippen LogP contribution < -0.4 is 10.2 Å². The second-order valence-electron chi connectivity index (χ2n) is 4.78. The molecule has 0 aliphatic carbocycles. The van der Waals surface area contributed by atoms with Crippen molar-refractivity contribution in [3.8, 4) is 11.4 Å². The maximum absolute atomic E-state index is 14.3. The number of aromatic nitrogens is 2. The third-order valence-corrected chi connectivity index (χ3v) is 3.70. The van der Waals surface area contributed by atoms with Crippen LogP contribution in [-0.2, 0) is 0 Å². The Morgan fingerprint density at radius 1 is 1.24 bits per heavy atom. The molecule has 0 bridgehead atoms. The third-order valence-electron chi connectivity index (χ3n) is 3.20. The molecule has 6 nitrogen and oxygen atoms in total. The highest BCUT2D eigenvalue weighted by Gasteiger charge is 2.19. The fourth-order valence-electron chi connectivity index (χ4n) is 2.26. The van der Waals surface area contributed by atoms with Crippen LogP contribution >= 0.6 is 23.2 Å². The lowest BCUT2D eigenvalue weighted by Gasteiger charge is -2.14. The fourth-order valence-corrected chi connectivity index (χ4v) is 2.69. The molecular weight excluding hydrogens is 381 g/mol. The first-order valence-electron chi connectivity index (χ1n) is 6.55. The first kappa shape index (κ1) is 17.1. The highest BCUT2D eigenvalue weighted by Crippen LogP contribution is 2.29. The van der Waals surface area contributed by atoms with Crippen molar-refractivity contribution < 1.29 is 23.4 Å². The fraction of sp³-hybridized carbons (Fsp3) is 0. The van der Waals surface area contributed by atoms with Gasteiger partial charge in [-0.3, -0.25) is 9.36 Å². The van der Waals surface area contributed by atoms with Crippen LogP contribution in [0.4, 0.5) is 13.6 Å². The summed E-state index contributed by atoms with van der Waals surface area (Å²) in [5, 5.41) is 8.33. The second kappa shape index (κ2) is 6.30. The minimum Gasteiger partial charge on any atom is -0.449 e. The molecule has 0 aliphatic heterocycles. The number of rotatable bonds is 2. The molecule has 0 saturated carbocycles. The van der Waals surface area contributed by atoms with E-state index >= 15 is 0 Å². The van der Waals surface area contributed by atoms with Crippen LogP contribution in [0.1, 0.15) is 0 Å². The highest BCUT2D eigenvalue weighted by molar-refractivity contribution is 6.32. The van der Waals surface area contributed by atoms with Crippen LogP contribution in [0.2, 0.25) is 10.2 Å². The summed E-state index contributed by atoms with van der Waals surface area (Å²) in [5.41, 5.74) is -1.25. The van der Waals surface area contributed by atoms with Gasteiger partial charge in [-0.15, -0.1) is 0 Å². The first-order chi connectivity index (χ1) is 11.8. The van der Waals surface area contributed by atoms with E-state index in [0.717, 1.165) is 16.8 Å². The van der Waals surface area contributed by atoms with Crippen molar-refractivity contribution in [3.05, 3.63) is 62.5 Å². The molecule has 2 heterocycles. The van der Waals surface area contributed by atoms with Gasteiger partial charge in [0.25, 0.3) is 0 Å². The lowest BCUT2D eigenvalue weighted by molar-refractivity contribution is 0.144. The first-order valence-corrected chi connectivity index (χ1v) is 7.31. The van der Waals surface area contributed by atoms with Gasteiger partial charge in [0, 0.05) is 6.07 Å². The quantitative estimate of drug-likeness (QED) is 0.531. The van der Waals surface area contributed by atoms with E-state index in [9.17, 15) is 18.4 Å². The number of nitrogens with zero attached hydrogens (tertiary/aromatic N) is 2. The zero-order valence-electron chi connectivity index (χ0n) is 12.0. The Kier molecular flexibility index (Phi) is 4.32. The van der Waals surface area contributed by atoms with Gasteiger partial charge in [-0.2, -0.15) is 0 Å². The van der Waals surface area contributed by atoms with Gasteiger partial charge in [0.05, 0.1) is 16.6 Å². The Bertz CT molecular complexity index is 1060. The van der Waals surface area contributed by atoms with Crippen LogP contribution in [0, 0.1) is 11.6 Å². The molecular formula is C15H6Cl2F2N2O4. The molecule has 3 aromatic rings. The van der Waals surface area contributed by atoms with Crippen LogP contribution in [0.25, 0.3) is 16.7 Å². The van der Waals surface area contributed by atoms with Gasteiger partial charge in [-0.25, -0.2) is 18.6 Å². The molecule has 0 aliphatic rings. The standard InChI is InChI=1S/C15H6Cl2F2N2O4/c16-8-3-6(18)4-9(19)12(8)21-5-10(25-15(23)24)13(22)7-1-2-11(17)20-14(7)21/h1-5H,(H,23,24). The number of fused-ring (bicyclic) bond motifs is 1. The van der Waals surface area contributed by atoms with Crippen molar-refractivity contribution in [3.63, 3.8) is 0 Å². The van der Waals surface area contributed by atoms with Gasteiger partial charge in [-0.1, -0.05) is 23.2 Å². The Morgan fingerprint density at radius 2 is 1.96 bits per heavy atom. The smallest absolute Gasteiger partial charge is 0.449 e.